The van der Waals surface area contributed by atoms with Crippen LogP contribution >= 0.6 is 0 Å². The molecule has 0 spiro atoms. The molecule has 134 valence electrons. The average Bonchev–Trinajstić information content (AvgIpc) is 3.11. The van der Waals surface area contributed by atoms with Crippen molar-refractivity contribution in [2.45, 2.75) is 19.9 Å². The highest BCUT2D eigenvalue weighted by Crippen LogP contribution is 2.18. The molecule has 3 heterocycles. The van der Waals surface area contributed by atoms with Crippen LogP contribution < -0.4 is 4.90 Å². The summed E-state index contributed by atoms with van der Waals surface area (Å²) in [5.74, 6) is 1.18. The summed E-state index contributed by atoms with van der Waals surface area (Å²) in [6.07, 6.45) is 4.16. The lowest BCUT2D eigenvalue weighted by molar-refractivity contribution is -0.131. The van der Waals surface area contributed by atoms with Crippen molar-refractivity contribution in [1.29, 1.82) is 0 Å². The SMILES string of the molecule is Cc1cccc2cnn(CCC(=O)N3CCN(c4ccccn4)CC3)c12. The molecule has 0 atom stereocenters. The molecule has 0 bridgehead atoms. The Kier molecular flexibility index (Phi) is 4.56. The van der Waals surface area contributed by atoms with E-state index in [-0.39, 0.29) is 5.91 Å². The second-order valence-corrected chi connectivity index (χ2v) is 6.69. The molecular weight excluding hydrogens is 326 g/mol. The standard InChI is InChI=1S/C20H23N5O/c1-16-5-4-6-17-15-22-25(20(16)17)10-8-19(26)24-13-11-23(12-14-24)18-7-2-3-9-21-18/h2-7,9,15H,8,10-14H2,1H3. The minimum Gasteiger partial charge on any atom is -0.353 e. The summed E-state index contributed by atoms with van der Waals surface area (Å²) in [6, 6.07) is 12.1. The van der Waals surface area contributed by atoms with E-state index in [4.69, 9.17) is 0 Å². The number of piperazine rings is 1. The number of anilines is 1. The van der Waals surface area contributed by atoms with Crippen LogP contribution in [0.1, 0.15) is 12.0 Å². The molecule has 1 aromatic carbocycles. The van der Waals surface area contributed by atoms with Crippen LogP contribution in [0, 0.1) is 6.92 Å². The van der Waals surface area contributed by atoms with Gasteiger partial charge in [-0.25, -0.2) is 4.98 Å². The van der Waals surface area contributed by atoms with Crippen molar-refractivity contribution in [3.8, 4) is 0 Å². The van der Waals surface area contributed by atoms with Crippen molar-refractivity contribution >= 4 is 22.6 Å². The highest BCUT2D eigenvalue weighted by Gasteiger charge is 2.21. The Bertz CT molecular complexity index is 897. The van der Waals surface area contributed by atoms with Gasteiger partial charge in [0.05, 0.1) is 18.3 Å². The van der Waals surface area contributed by atoms with Crippen molar-refractivity contribution in [2.75, 3.05) is 31.1 Å². The second-order valence-electron chi connectivity index (χ2n) is 6.69. The molecule has 1 amide bonds. The summed E-state index contributed by atoms with van der Waals surface area (Å²) >= 11 is 0. The molecule has 0 saturated carbocycles. The zero-order chi connectivity index (χ0) is 17.9. The van der Waals surface area contributed by atoms with Crippen LogP contribution in [0.2, 0.25) is 0 Å². The number of para-hydroxylation sites is 1. The van der Waals surface area contributed by atoms with Crippen LogP contribution in [-0.2, 0) is 11.3 Å². The van der Waals surface area contributed by atoms with E-state index in [0.717, 1.165) is 42.9 Å². The van der Waals surface area contributed by atoms with Crippen LogP contribution in [0.25, 0.3) is 10.9 Å². The molecule has 1 fully saturated rings. The van der Waals surface area contributed by atoms with Crippen LogP contribution in [0.4, 0.5) is 5.82 Å². The third-order valence-electron chi connectivity index (χ3n) is 5.01. The molecule has 1 aliphatic heterocycles. The molecular formula is C20H23N5O. The van der Waals surface area contributed by atoms with Crippen LogP contribution in [0.3, 0.4) is 0 Å². The van der Waals surface area contributed by atoms with Gasteiger partial charge in [0.25, 0.3) is 0 Å². The van der Waals surface area contributed by atoms with Crippen molar-refractivity contribution in [2.24, 2.45) is 0 Å². The van der Waals surface area contributed by atoms with Gasteiger partial charge in [-0.05, 0) is 24.6 Å². The number of aromatic nitrogens is 3. The number of fused-ring (bicyclic) bond motifs is 1. The van der Waals surface area contributed by atoms with Crippen LogP contribution in [-0.4, -0.2) is 51.8 Å². The molecule has 1 saturated heterocycles. The normalized spacial score (nSPS) is 14.8. The average molecular weight is 349 g/mol. The number of hydrogen-bond acceptors (Lipinski definition) is 4. The first-order valence-electron chi connectivity index (χ1n) is 9.07. The fourth-order valence-corrected chi connectivity index (χ4v) is 3.58. The first-order chi connectivity index (χ1) is 12.7. The first kappa shape index (κ1) is 16.6. The molecule has 6 nitrogen and oxygen atoms in total. The van der Waals surface area contributed by atoms with Gasteiger partial charge in [-0.3, -0.25) is 9.48 Å². The van der Waals surface area contributed by atoms with E-state index in [1.54, 1.807) is 0 Å². The molecule has 3 aromatic rings. The smallest absolute Gasteiger partial charge is 0.224 e. The number of nitrogens with zero attached hydrogens (tertiary/aromatic N) is 5. The van der Waals surface area contributed by atoms with E-state index in [0.29, 0.717) is 13.0 Å². The largest absolute Gasteiger partial charge is 0.353 e. The number of amides is 1. The fourth-order valence-electron chi connectivity index (χ4n) is 3.58. The quantitative estimate of drug-likeness (QED) is 0.726. The summed E-state index contributed by atoms with van der Waals surface area (Å²) in [5.41, 5.74) is 2.32. The molecule has 0 unspecified atom stereocenters. The Morgan fingerprint density at radius 1 is 1.08 bits per heavy atom. The van der Waals surface area contributed by atoms with Gasteiger partial charge in [0.15, 0.2) is 0 Å². The van der Waals surface area contributed by atoms with Gasteiger partial charge in [0, 0.05) is 44.2 Å². The van der Waals surface area contributed by atoms with E-state index in [1.807, 2.05) is 46.2 Å². The molecule has 26 heavy (non-hydrogen) atoms. The monoisotopic (exact) mass is 349 g/mol. The third kappa shape index (κ3) is 3.27. The lowest BCUT2D eigenvalue weighted by Gasteiger charge is -2.35. The van der Waals surface area contributed by atoms with Gasteiger partial charge >= 0.3 is 0 Å². The Morgan fingerprint density at radius 3 is 2.69 bits per heavy atom. The number of carbonyl (C=O) groups is 1. The van der Waals surface area contributed by atoms with E-state index in [1.165, 1.54) is 5.56 Å². The summed E-state index contributed by atoms with van der Waals surface area (Å²) < 4.78 is 1.95. The zero-order valence-corrected chi connectivity index (χ0v) is 15.0. The van der Waals surface area contributed by atoms with Crippen LogP contribution in [0.15, 0.2) is 48.8 Å². The fraction of sp³-hybridized carbons (Fsp3) is 0.350. The Labute approximate surface area is 153 Å². The number of pyridine rings is 1. The molecule has 0 N–H and O–H groups in total. The Morgan fingerprint density at radius 2 is 1.92 bits per heavy atom. The van der Waals surface area contributed by atoms with Gasteiger partial charge in [0.2, 0.25) is 5.91 Å². The summed E-state index contributed by atoms with van der Waals surface area (Å²) in [4.78, 5) is 21.2. The maximum Gasteiger partial charge on any atom is 0.224 e. The number of aryl methyl sites for hydroxylation is 2. The van der Waals surface area contributed by atoms with Crippen molar-refractivity contribution in [1.82, 2.24) is 19.7 Å². The third-order valence-corrected chi connectivity index (χ3v) is 5.01. The topological polar surface area (TPSA) is 54.3 Å². The van der Waals surface area contributed by atoms with Crippen LogP contribution in [0.5, 0.6) is 0 Å². The van der Waals surface area contributed by atoms with E-state index in [2.05, 4.69) is 34.0 Å². The summed E-state index contributed by atoms with van der Waals surface area (Å²) in [6.45, 7) is 5.84. The Balaban J connectivity index is 1.34. The van der Waals surface area contributed by atoms with Gasteiger partial charge < -0.3 is 9.80 Å². The van der Waals surface area contributed by atoms with Gasteiger partial charge in [-0.2, -0.15) is 5.10 Å². The van der Waals surface area contributed by atoms with Crippen molar-refractivity contribution in [3.63, 3.8) is 0 Å². The predicted molar refractivity (Wildman–Crippen MR) is 102 cm³/mol. The van der Waals surface area contributed by atoms with E-state index in [9.17, 15) is 4.79 Å². The highest BCUT2D eigenvalue weighted by atomic mass is 16.2. The zero-order valence-electron chi connectivity index (χ0n) is 15.0. The van der Waals surface area contributed by atoms with Gasteiger partial charge in [-0.1, -0.05) is 24.3 Å². The van der Waals surface area contributed by atoms with E-state index < -0.39 is 0 Å². The maximum absolute atomic E-state index is 12.6. The summed E-state index contributed by atoms with van der Waals surface area (Å²) in [5, 5.41) is 5.58. The minimum absolute atomic E-state index is 0.197. The highest BCUT2D eigenvalue weighted by molar-refractivity contribution is 5.82. The molecule has 0 radical (unpaired) electrons. The lowest BCUT2D eigenvalue weighted by Crippen LogP contribution is -2.49. The number of carbonyl (C=O) groups excluding carboxylic acids is 1. The Hall–Kier alpha value is -2.89. The number of benzene rings is 1. The van der Waals surface area contributed by atoms with Gasteiger partial charge in [0.1, 0.15) is 5.82 Å². The molecule has 6 heteroatoms. The van der Waals surface area contributed by atoms with Gasteiger partial charge in [-0.15, -0.1) is 0 Å². The molecule has 4 rings (SSSR count). The van der Waals surface area contributed by atoms with Crippen molar-refractivity contribution in [3.05, 3.63) is 54.4 Å². The van der Waals surface area contributed by atoms with Crippen molar-refractivity contribution < 1.29 is 4.79 Å². The predicted octanol–water partition coefficient (Wildman–Crippen LogP) is 2.48. The number of hydrogen-bond donors (Lipinski definition) is 0. The lowest BCUT2D eigenvalue weighted by atomic mass is 10.2. The summed E-state index contributed by atoms with van der Waals surface area (Å²) in [7, 11) is 0. The maximum atomic E-state index is 12.6. The number of rotatable bonds is 4. The van der Waals surface area contributed by atoms with E-state index >= 15 is 0 Å². The molecule has 1 aliphatic rings. The molecule has 0 aliphatic carbocycles. The first-order valence-corrected chi connectivity index (χ1v) is 9.07. The second kappa shape index (κ2) is 7.15. The minimum atomic E-state index is 0.197. The molecule has 2 aromatic heterocycles.